The predicted octanol–water partition coefficient (Wildman–Crippen LogP) is 3.05. The number of nitrogens with one attached hydrogen (secondary N) is 1. The number of aromatic nitrogens is 2. The van der Waals surface area contributed by atoms with E-state index < -0.39 is 0 Å². The molecule has 1 atom stereocenters. The highest BCUT2D eigenvalue weighted by Gasteiger charge is 2.17. The molecular formula is C14H23N3. The molecule has 0 spiro atoms. The first-order chi connectivity index (χ1) is 8.29. The number of hydrogen-bond donors (Lipinski definition) is 1. The summed E-state index contributed by atoms with van der Waals surface area (Å²) in [5.41, 5.74) is 1.15. The highest BCUT2D eigenvalue weighted by atomic mass is 15.3. The maximum Gasteiger partial charge on any atom is 0.0762 e. The topological polar surface area (TPSA) is 29.9 Å². The molecule has 1 unspecified atom stereocenters. The Hall–Kier alpha value is -1.09. The lowest BCUT2D eigenvalue weighted by Gasteiger charge is -2.11. The summed E-state index contributed by atoms with van der Waals surface area (Å²) < 4.78 is 2.15. The average Bonchev–Trinajstić information content (AvgIpc) is 2.97. The maximum atomic E-state index is 4.65. The Balaban J connectivity index is 1.83. The molecule has 94 valence electrons. The molecule has 1 aliphatic rings. The molecule has 1 aliphatic carbocycles. The van der Waals surface area contributed by atoms with Crippen molar-refractivity contribution >= 4 is 0 Å². The van der Waals surface area contributed by atoms with Gasteiger partial charge in [0, 0.05) is 18.8 Å². The average molecular weight is 233 g/mol. The van der Waals surface area contributed by atoms with E-state index in [0.29, 0.717) is 12.1 Å². The molecule has 17 heavy (non-hydrogen) atoms. The fraction of sp³-hybridized carbons (Fsp3) is 0.643. The molecule has 1 aromatic heterocycles. The zero-order valence-corrected chi connectivity index (χ0v) is 10.7. The van der Waals surface area contributed by atoms with E-state index in [1.165, 1.54) is 25.7 Å². The van der Waals surface area contributed by atoms with Gasteiger partial charge < -0.3 is 5.32 Å². The molecule has 1 N–H and O–H groups in total. The van der Waals surface area contributed by atoms with Gasteiger partial charge >= 0.3 is 0 Å². The second kappa shape index (κ2) is 6.01. The first-order valence-electron chi connectivity index (χ1n) is 6.68. The summed E-state index contributed by atoms with van der Waals surface area (Å²) >= 11 is 0. The van der Waals surface area contributed by atoms with Gasteiger partial charge in [-0.15, -0.1) is 6.58 Å². The van der Waals surface area contributed by atoms with Crippen LogP contribution < -0.4 is 5.32 Å². The molecule has 0 bridgehead atoms. The van der Waals surface area contributed by atoms with E-state index in [4.69, 9.17) is 0 Å². The van der Waals surface area contributed by atoms with Gasteiger partial charge in [0.2, 0.25) is 0 Å². The smallest absolute Gasteiger partial charge is 0.0762 e. The predicted molar refractivity (Wildman–Crippen MR) is 70.8 cm³/mol. The Morgan fingerprint density at radius 1 is 1.59 bits per heavy atom. The van der Waals surface area contributed by atoms with Crippen LogP contribution in [-0.4, -0.2) is 15.8 Å². The van der Waals surface area contributed by atoms with Gasteiger partial charge in [-0.3, -0.25) is 4.68 Å². The summed E-state index contributed by atoms with van der Waals surface area (Å²) in [6.07, 6.45) is 10.4. The fourth-order valence-corrected chi connectivity index (χ4v) is 2.46. The third-order valence-electron chi connectivity index (χ3n) is 3.51. The molecule has 0 amide bonds. The van der Waals surface area contributed by atoms with Crippen LogP contribution in [0.15, 0.2) is 24.9 Å². The molecule has 3 heteroatoms. The molecule has 1 heterocycles. The summed E-state index contributed by atoms with van der Waals surface area (Å²) in [6, 6.07) is 3.25. The third kappa shape index (κ3) is 3.43. The van der Waals surface area contributed by atoms with Crippen molar-refractivity contribution in [3.63, 3.8) is 0 Å². The van der Waals surface area contributed by atoms with E-state index in [9.17, 15) is 0 Å². The Morgan fingerprint density at radius 2 is 2.35 bits per heavy atom. The van der Waals surface area contributed by atoms with Crippen LogP contribution in [0, 0.1) is 0 Å². The van der Waals surface area contributed by atoms with Crippen LogP contribution in [-0.2, 0) is 6.54 Å². The van der Waals surface area contributed by atoms with Crippen molar-refractivity contribution in [2.75, 3.05) is 0 Å². The number of rotatable bonds is 6. The molecule has 0 aliphatic heterocycles. The lowest BCUT2D eigenvalue weighted by molar-refractivity contribution is 0.457. The molecule has 1 saturated carbocycles. The van der Waals surface area contributed by atoms with Crippen LogP contribution in [0.2, 0.25) is 0 Å². The molecule has 2 rings (SSSR count). The quantitative estimate of drug-likeness (QED) is 0.765. The van der Waals surface area contributed by atoms with Crippen LogP contribution in [0.4, 0.5) is 0 Å². The van der Waals surface area contributed by atoms with Gasteiger partial charge in [-0.25, -0.2) is 0 Å². The molecular weight excluding hydrogens is 210 g/mol. The van der Waals surface area contributed by atoms with Crippen molar-refractivity contribution in [1.82, 2.24) is 15.1 Å². The van der Waals surface area contributed by atoms with Gasteiger partial charge in [0.05, 0.1) is 11.7 Å². The van der Waals surface area contributed by atoms with Crippen LogP contribution in [0.3, 0.4) is 0 Å². The minimum absolute atomic E-state index is 0.476. The number of nitrogens with zero attached hydrogens (tertiary/aromatic N) is 2. The van der Waals surface area contributed by atoms with Gasteiger partial charge in [0.15, 0.2) is 0 Å². The molecule has 1 aromatic rings. The lowest BCUT2D eigenvalue weighted by Crippen LogP contribution is -2.25. The third-order valence-corrected chi connectivity index (χ3v) is 3.51. The number of hydrogen-bond acceptors (Lipinski definition) is 2. The zero-order chi connectivity index (χ0) is 12.1. The molecule has 0 aromatic carbocycles. The second-order valence-corrected chi connectivity index (χ2v) is 5.03. The highest BCUT2D eigenvalue weighted by molar-refractivity contribution is 5.00. The van der Waals surface area contributed by atoms with Crippen molar-refractivity contribution in [2.45, 2.75) is 57.7 Å². The first-order valence-corrected chi connectivity index (χ1v) is 6.68. The standard InChI is InChI=1S/C14H23N3/c1-3-6-12(2)15-11-13-9-10-17(16-13)14-7-4-5-8-14/h3,9-10,12,14-15H,1,4-8,11H2,2H3. The van der Waals surface area contributed by atoms with E-state index in [2.05, 4.69) is 40.9 Å². The van der Waals surface area contributed by atoms with Crippen molar-refractivity contribution < 1.29 is 0 Å². The van der Waals surface area contributed by atoms with Crippen LogP contribution in [0.1, 0.15) is 50.8 Å². The Labute approximate surface area is 104 Å². The largest absolute Gasteiger partial charge is 0.308 e. The Morgan fingerprint density at radius 3 is 3.06 bits per heavy atom. The van der Waals surface area contributed by atoms with Crippen molar-refractivity contribution in [1.29, 1.82) is 0 Å². The summed E-state index contributed by atoms with van der Waals surface area (Å²) in [6.45, 7) is 6.78. The van der Waals surface area contributed by atoms with Crippen molar-refractivity contribution in [2.24, 2.45) is 0 Å². The van der Waals surface area contributed by atoms with E-state index in [0.717, 1.165) is 18.7 Å². The zero-order valence-electron chi connectivity index (χ0n) is 10.7. The fourth-order valence-electron chi connectivity index (χ4n) is 2.46. The van der Waals surface area contributed by atoms with Crippen molar-refractivity contribution in [3.05, 3.63) is 30.6 Å². The highest BCUT2D eigenvalue weighted by Crippen LogP contribution is 2.28. The summed E-state index contributed by atoms with van der Waals surface area (Å²) in [7, 11) is 0. The van der Waals surface area contributed by atoms with E-state index >= 15 is 0 Å². The van der Waals surface area contributed by atoms with Gasteiger partial charge in [0.1, 0.15) is 0 Å². The molecule has 1 fully saturated rings. The Bertz CT molecular complexity index is 350. The van der Waals surface area contributed by atoms with Gasteiger partial charge in [0.25, 0.3) is 0 Å². The SMILES string of the molecule is C=CCC(C)NCc1ccn(C2CCCC2)n1. The van der Waals surface area contributed by atoms with Crippen molar-refractivity contribution in [3.8, 4) is 0 Å². The van der Waals surface area contributed by atoms with Crippen LogP contribution >= 0.6 is 0 Å². The van der Waals surface area contributed by atoms with E-state index in [1.807, 2.05) is 6.08 Å². The first kappa shape index (κ1) is 12.4. The summed E-state index contributed by atoms with van der Waals surface area (Å²) in [5.74, 6) is 0. The van der Waals surface area contributed by atoms with E-state index in [-0.39, 0.29) is 0 Å². The molecule has 0 radical (unpaired) electrons. The van der Waals surface area contributed by atoms with Gasteiger partial charge in [-0.05, 0) is 32.3 Å². The Kier molecular flexibility index (Phi) is 4.37. The summed E-state index contributed by atoms with van der Waals surface area (Å²) in [5, 5.41) is 8.11. The van der Waals surface area contributed by atoms with Gasteiger partial charge in [-0.1, -0.05) is 18.9 Å². The van der Waals surface area contributed by atoms with E-state index in [1.54, 1.807) is 0 Å². The molecule has 0 saturated heterocycles. The lowest BCUT2D eigenvalue weighted by atomic mass is 10.2. The summed E-state index contributed by atoms with van der Waals surface area (Å²) in [4.78, 5) is 0. The second-order valence-electron chi connectivity index (χ2n) is 5.03. The maximum absolute atomic E-state index is 4.65. The van der Waals surface area contributed by atoms with Gasteiger partial charge in [-0.2, -0.15) is 5.10 Å². The molecule has 3 nitrogen and oxygen atoms in total. The van der Waals surface area contributed by atoms with Crippen LogP contribution in [0.25, 0.3) is 0 Å². The van der Waals surface area contributed by atoms with Crippen LogP contribution in [0.5, 0.6) is 0 Å². The minimum atomic E-state index is 0.476. The monoisotopic (exact) mass is 233 g/mol. The minimum Gasteiger partial charge on any atom is -0.308 e. The normalized spacial score (nSPS) is 18.4.